The molecule has 0 fully saturated rings. The van der Waals surface area contributed by atoms with Crippen LogP contribution in [0, 0.1) is 6.92 Å². The first-order chi connectivity index (χ1) is 5.77. The van der Waals surface area contributed by atoms with Crippen molar-refractivity contribution in [1.29, 1.82) is 0 Å². The van der Waals surface area contributed by atoms with E-state index in [9.17, 15) is 9.59 Å². The molecular weight excluding hydrogens is 154 g/mol. The van der Waals surface area contributed by atoms with Gasteiger partial charge in [0, 0.05) is 5.56 Å². The van der Waals surface area contributed by atoms with E-state index in [0.717, 1.165) is 11.8 Å². The Labute approximate surface area is 70.4 Å². The fraction of sp³-hybridized carbons (Fsp3) is 0.111. The molecule has 3 heteroatoms. The molecule has 12 heavy (non-hydrogen) atoms. The van der Waals surface area contributed by atoms with Crippen LogP contribution in [-0.2, 0) is 4.79 Å². The van der Waals surface area contributed by atoms with E-state index >= 15 is 0 Å². The van der Waals surface area contributed by atoms with Crippen LogP contribution < -0.4 is 5.32 Å². The quantitative estimate of drug-likeness (QED) is 0.684. The zero-order chi connectivity index (χ0) is 8.97. The zero-order valence-corrected chi connectivity index (χ0v) is 6.70. The fourth-order valence-corrected chi connectivity index (χ4v) is 0.975. The van der Waals surface area contributed by atoms with Crippen molar-refractivity contribution >= 4 is 18.4 Å². The monoisotopic (exact) mass is 163 g/mol. The average Bonchev–Trinajstić information content (AvgIpc) is 2.08. The van der Waals surface area contributed by atoms with Gasteiger partial charge in [0.1, 0.15) is 0 Å². The highest BCUT2D eigenvalue weighted by atomic mass is 16.1. The Balaban J connectivity index is 3.10. The van der Waals surface area contributed by atoms with E-state index < -0.39 is 0 Å². The summed E-state index contributed by atoms with van der Waals surface area (Å²) in [6, 6.07) is 5.26. The number of anilines is 1. The molecule has 0 aliphatic heterocycles. The summed E-state index contributed by atoms with van der Waals surface area (Å²) in [5.74, 6) is 0. The van der Waals surface area contributed by atoms with E-state index in [1.165, 1.54) is 0 Å². The number of rotatable bonds is 3. The Morgan fingerprint density at radius 1 is 1.33 bits per heavy atom. The van der Waals surface area contributed by atoms with Crippen molar-refractivity contribution in [2.24, 2.45) is 0 Å². The highest BCUT2D eigenvalue weighted by Gasteiger charge is 1.99. The first-order valence-electron chi connectivity index (χ1n) is 3.54. The van der Waals surface area contributed by atoms with Crippen LogP contribution in [0.3, 0.4) is 0 Å². The Bertz CT molecular complexity index is 307. The summed E-state index contributed by atoms with van der Waals surface area (Å²) in [5, 5.41) is 2.44. The van der Waals surface area contributed by atoms with Crippen molar-refractivity contribution in [3.63, 3.8) is 0 Å². The van der Waals surface area contributed by atoms with Gasteiger partial charge in [-0.3, -0.25) is 9.59 Å². The van der Waals surface area contributed by atoms with Gasteiger partial charge in [0.2, 0.25) is 6.41 Å². The van der Waals surface area contributed by atoms with Gasteiger partial charge < -0.3 is 5.32 Å². The van der Waals surface area contributed by atoms with Crippen LogP contribution in [0.25, 0.3) is 0 Å². The lowest BCUT2D eigenvalue weighted by molar-refractivity contribution is -0.105. The number of hydrogen-bond acceptors (Lipinski definition) is 2. The number of hydrogen-bond donors (Lipinski definition) is 1. The van der Waals surface area contributed by atoms with Gasteiger partial charge in [-0.15, -0.1) is 0 Å². The summed E-state index contributed by atoms with van der Waals surface area (Å²) in [6.07, 6.45) is 1.27. The molecule has 0 unspecified atom stereocenters. The number of aryl methyl sites for hydroxylation is 1. The van der Waals surface area contributed by atoms with Crippen LogP contribution >= 0.6 is 0 Å². The number of carbonyl (C=O) groups is 2. The molecule has 0 heterocycles. The molecule has 0 saturated carbocycles. The number of benzene rings is 1. The summed E-state index contributed by atoms with van der Waals surface area (Å²) in [5.41, 5.74) is 2.04. The lowest BCUT2D eigenvalue weighted by Crippen LogP contribution is -1.98. The summed E-state index contributed by atoms with van der Waals surface area (Å²) >= 11 is 0. The van der Waals surface area contributed by atoms with Crippen molar-refractivity contribution in [2.45, 2.75) is 6.92 Å². The second kappa shape index (κ2) is 3.67. The summed E-state index contributed by atoms with van der Waals surface area (Å²) in [7, 11) is 0. The number of nitrogens with one attached hydrogen (secondary N) is 1. The SMILES string of the molecule is Cc1ccc(NC=O)c(C=O)c1. The molecule has 3 nitrogen and oxygen atoms in total. The largest absolute Gasteiger partial charge is 0.328 e. The van der Waals surface area contributed by atoms with E-state index in [-0.39, 0.29) is 0 Å². The first kappa shape index (κ1) is 8.46. The fourth-order valence-electron chi connectivity index (χ4n) is 0.975. The predicted octanol–water partition coefficient (Wildman–Crippen LogP) is 1.38. The average molecular weight is 163 g/mol. The second-order valence-corrected chi connectivity index (χ2v) is 2.47. The summed E-state index contributed by atoms with van der Waals surface area (Å²) in [6.45, 7) is 1.89. The lowest BCUT2D eigenvalue weighted by atomic mass is 10.1. The van der Waals surface area contributed by atoms with Gasteiger partial charge in [-0.2, -0.15) is 0 Å². The summed E-state index contributed by atoms with van der Waals surface area (Å²) in [4.78, 5) is 20.6. The molecule has 0 aliphatic rings. The molecule has 0 bridgehead atoms. The molecule has 62 valence electrons. The Hall–Kier alpha value is -1.64. The van der Waals surface area contributed by atoms with Crippen molar-refractivity contribution in [3.8, 4) is 0 Å². The lowest BCUT2D eigenvalue weighted by Gasteiger charge is -2.02. The standard InChI is InChI=1S/C9H9NO2/c1-7-2-3-9(10-6-12)8(4-7)5-11/h2-6H,1H3,(H,10,12). The molecule has 0 radical (unpaired) electrons. The Morgan fingerprint density at radius 2 is 2.08 bits per heavy atom. The zero-order valence-electron chi connectivity index (χ0n) is 6.70. The van der Waals surface area contributed by atoms with Crippen LogP contribution in [0.2, 0.25) is 0 Å². The molecule has 1 aromatic carbocycles. The van der Waals surface area contributed by atoms with Gasteiger partial charge in [0.15, 0.2) is 6.29 Å². The number of aldehydes is 1. The van der Waals surface area contributed by atoms with E-state index in [1.807, 2.05) is 13.0 Å². The normalized spacial score (nSPS) is 9.08. The van der Waals surface area contributed by atoms with Gasteiger partial charge in [0.25, 0.3) is 0 Å². The van der Waals surface area contributed by atoms with Gasteiger partial charge in [-0.25, -0.2) is 0 Å². The number of amides is 1. The van der Waals surface area contributed by atoms with Gasteiger partial charge in [0.05, 0.1) is 5.69 Å². The van der Waals surface area contributed by atoms with Crippen LogP contribution in [-0.4, -0.2) is 12.7 Å². The molecule has 1 rings (SSSR count). The van der Waals surface area contributed by atoms with E-state index in [4.69, 9.17) is 0 Å². The van der Waals surface area contributed by atoms with Crippen molar-refractivity contribution in [3.05, 3.63) is 29.3 Å². The maximum atomic E-state index is 10.5. The molecule has 0 spiro atoms. The van der Waals surface area contributed by atoms with Gasteiger partial charge >= 0.3 is 0 Å². The predicted molar refractivity (Wildman–Crippen MR) is 46.3 cm³/mol. The second-order valence-electron chi connectivity index (χ2n) is 2.47. The third kappa shape index (κ3) is 1.69. The third-order valence-electron chi connectivity index (χ3n) is 1.55. The maximum Gasteiger partial charge on any atom is 0.211 e. The van der Waals surface area contributed by atoms with Crippen LogP contribution in [0.15, 0.2) is 18.2 Å². The Kier molecular flexibility index (Phi) is 2.58. The first-order valence-corrected chi connectivity index (χ1v) is 3.54. The molecule has 1 amide bonds. The number of carbonyl (C=O) groups excluding carboxylic acids is 2. The van der Waals surface area contributed by atoms with Crippen LogP contribution in [0.1, 0.15) is 15.9 Å². The minimum atomic E-state index is 0.502. The van der Waals surface area contributed by atoms with Gasteiger partial charge in [-0.05, 0) is 19.1 Å². The molecular formula is C9H9NO2. The van der Waals surface area contributed by atoms with E-state index in [1.54, 1.807) is 12.1 Å². The Morgan fingerprint density at radius 3 is 2.67 bits per heavy atom. The smallest absolute Gasteiger partial charge is 0.211 e. The molecule has 1 N–H and O–H groups in total. The van der Waals surface area contributed by atoms with Crippen LogP contribution in [0.5, 0.6) is 0 Å². The molecule has 1 aromatic rings. The molecule has 0 aliphatic carbocycles. The highest BCUT2D eigenvalue weighted by molar-refractivity contribution is 5.88. The minimum Gasteiger partial charge on any atom is -0.328 e. The molecule has 0 atom stereocenters. The highest BCUT2D eigenvalue weighted by Crippen LogP contribution is 2.13. The molecule has 0 aromatic heterocycles. The summed E-state index contributed by atoms with van der Waals surface area (Å²) < 4.78 is 0. The van der Waals surface area contributed by atoms with E-state index in [0.29, 0.717) is 17.7 Å². The van der Waals surface area contributed by atoms with Crippen molar-refractivity contribution in [2.75, 3.05) is 5.32 Å². The van der Waals surface area contributed by atoms with Crippen molar-refractivity contribution < 1.29 is 9.59 Å². The van der Waals surface area contributed by atoms with Gasteiger partial charge in [-0.1, -0.05) is 11.6 Å². The van der Waals surface area contributed by atoms with E-state index in [2.05, 4.69) is 5.32 Å². The third-order valence-corrected chi connectivity index (χ3v) is 1.55. The topological polar surface area (TPSA) is 46.2 Å². The maximum absolute atomic E-state index is 10.5. The van der Waals surface area contributed by atoms with Crippen molar-refractivity contribution in [1.82, 2.24) is 0 Å². The molecule has 0 saturated heterocycles. The minimum absolute atomic E-state index is 0.502. The van der Waals surface area contributed by atoms with Crippen LogP contribution in [0.4, 0.5) is 5.69 Å².